The lowest BCUT2D eigenvalue weighted by Gasteiger charge is -2.33. The van der Waals surface area contributed by atoms with Crippen LogP contribution in [0.5, 0.6) is 11.5 Å². The third kappa shape index (κ3) is 4.58. The molecule has 0 radical (unpaired) electrons. The molecule has 11 heteroatoms. The first-order valence-corrected chi connectivity index (χ1v) is 11.8. The van der Waals surface area contributed by atoms with Crippen LogP contribution in [-0.2, 0) is 16.6 Å². The van der Waals surface area contributed by atoms with Gasteiger partial charge in [-0.3, -0.25) is 4.90 Å². The van der Waals surface area contributed by atoms with E-state index < -0.39 is 10.0 Å². The third-order valence-electron chi connectivity index (χ3n) is 5.25. The van der Waals surface area contributed by atoms with Crippen molar-refractivity contribution in [1.29, 1.82) is 0 Å². The number of nitrogens with zero attached hydrogens (tertiary/aromatic N) is 4. The van der Waals surface area contributed by atoms with Gasteiger partial charge in [-0.1, -0.05) is 23.7 Å². The van der Waals surface area contributed by atoms with Crippen LogP contribution >= 0.6 is 11.6 Å². The van der Waals surface area contributed by atoms with Crippen molar-refractivity contribution in [1.82, 2.24) is 19.4 Å². The fraction of sp³-hybridized carbons (Fsp3) is 0.333. The molecule has 0 aliphatic carbocycles. The maximum atomic E-state index is 13.1. The number of sulfonamides is 1. The van der Waals surface area contributed by atoms with Gasteiger partial charge in [0.2, 0.25) is 21.8 Å². The molecule has 3 aromatic rings. The quantitative estimate of drug-likeness (QED) is 0.511. The Hall–Kier alpha value is -2.66. The van der Waals surface area contributed by atoms with Crippen LogP contribution in [0.1, 0.15) is 5.89 Å². The van der Waals surface area contributed by atoms with Gasteiger partial charge in [-0.2, -0.15) is 4.31 Å². The standard InChI is InChI=1S/C21H23ClN4O5S/c1-29-18-8-7-15(13-19(18)30-2)32(27,28)26-11-9-25(10-12-26)14-20-23-24-21(31-20)16-5-3-4-6-17(16)22/h3-8,13H,9-12,14H2,1-2H3. The minimum atomic E-state index is -3.65. The van der Waals surface area contributed by atoms with E-state index in [0.29, 0.717) is 66.6 Å². The molecular formula is C21H23ClN4O5S. The molecule has 4 rings (SSSR count). The van der Waals surface area contributed by atoms with Crippen molar-refractivity contribution in [3.05, 3.63) is 53.4 Å². The Balaban J connectivity index is 1.40. The van der Waals surface area contributed by atoms with E-state index >= 15 is 0 Å². The van der Waals surface area contributed by atoms with Crippen molar-refractivity contribution >= 4 is 21.6 Å². The summed E-state index contributed by atoms with van der Waals surface area (Å²) in [6, 6.07) is 11.9. The van der Waals surface area contributed by atoms with Crippen LogP contribution in [0.4, 0.5) is 0 Å². The number of aromatic nitrogens is 2. The molecule has 0 N–H and O–H groups in total. The van der Waals surface area contributed by atoms with Crippen LogP contribution in [-0.4, -0.2) is 68.2 Å². The smallest absolute Gasteiger partial charge is 0.249 e. The van der Waals surface area contributed by atoms with E-state index in [9.17, 15) is 8.42 Å². The second-order valence-corrected chi connectivity index (χ2v) is 9.52. The number of ether oxygens (including phenoxy) is 2. The molecule has 0 spiro atoms. The molecule has 0 amide bonds. The van der Waals surface area contributed by atoms with E-state index in [1.165, 1.54) is 30.7 Å². The molecule has 1 aliphatic heterocycles. The lowest BCUT2D eigenvalue weighted by molar-refractivity contribution is 0.168. The summed E-state index contributed by atoms with van der Waals surface area (Å²) >= 11 is 6.19. The van der Waals surface area contributed by atoms with Gasteiger partial charge >= 0.3 is 0 Å². The van der Waals surface area contributed by atoms with Gasteiger partial charge in [-0.05, 0) is 24.3 Å². The van der Waals surface area contributed by atoms with Gasteiger partial charge in [-0.25, -0.2) is 8.42 Å². The molecule has 0 saturated carbocycles. The summed E-state index contributed by atoms with van der Waals surface area (Å²) in [5, 5.41) is 8.72. The number of rotatable bonds is 7. The maximum Gasteiger partial charge on any atom is 0.249 e. The van der Waals surface area contributed by atoms with Gasteiger partial charge in [0.15, 0.2) is 11.5 Å². The Bertz CT molecular complexity index is 1190. The molecule has 32 heavy (non-hydrogen) atoms. The summed E-state index contributed by atoms with van der Waals surface area (Å²) < 4.78 is 43.8. The van der Waals surface area contributed by atoms with Crippen LogP contribution in [0, 0.1) is 0 Å². The fourth-order valence-electron chi connectivity index (χ4n) is 3.51. The maximum absolute atomic E-state index is 13.1. The van der Waals surface area contributed by atoms with Crippen LogP contribution in [0.25, 0.3) is 11.5 Å². The molecule has 1 fully saturated rings. The van der Waals surface area contributed by atoms with Crippen molar-refractivity contribution in [3.63, 3.8) is 0 Å². The summed E-state index contributed by atoms with van der Waals surface area (Å²) in [5.41, 5.74) is 0.679. The van der Waals surface area contributed by atoms with Crippen LogP contribution < -0.4 is 9.47 Å². The molecule has 2 aromatic carbocycles. The van der Waals surface area contributed by atoms with Crippen molar-refractivity contribution in [2.24, 2.45) is 0 Å². The lowest BCUT2D eigenvalue weighted by atomic mass is 10.2. The normalized spacial score (nSPS) is 15.6. The SMILES string of the molecule is COc1ccc(S(=O)(=O)N2CCN(Cc3nnc(-c4ccccc4Cl)o3)CC2)cc1OC. The molecule has 0 atom stereocenters. The highest BCUT2D eigenvalue weighted by Gasteiger charge is 2.30. The Morgan fingerprint density at radius 2 is 1.72 bits per heavy atom. The number of halogens is 1. The van der Waals surface area contributed by atoms with Gasteiger partial charge < -0.3 is 13.9 Å². The first kappa shape index (κ1) is 22.5. The fourth-order valence-corrected chi connectivity index (χ4v) is 5.16. The summed E-state index contributed by atoms with van der Waals surface area (Å²) in [4.78, 5) is 2.25. The topological polar surface area (TPSA) is 98.0 Å². The largest absolute Gasteiger partial charge is 0.493 e. The van der Waals surface area contributed by atoms with Crippen LogP contribution in [0.2, 0.25) is 5.02 Å². The minimum Gasteiger partial charge on any atom is -0.493 e. The first-order chi connectivity index (χ1) is 15.4. The van der Waals surface area contributed by atoms with Gasteiger partial charge in [-0.15, -0.1) is 10.2 Å². The van der Waals surface area contributed by atoms with E-state index in [0.717, 1.165) is 0 Å². The van der Waals surface area contributed by atoms with Gasteiger partial charge in [0.1, 0.15) is 0 Å². The van der Waals surface area contributed by atoms with E-state index in [1.54, 1.807) is 12.1 Å². The number of piperazine rings is 1. The van der Waals surface area contributed by atoms with Crippen molar-refractivity contribution in [3.8, 4) is 23.0 Å². The van der Waals surface area contributed by atoms with E-state index in [4.69, 9.17) is 25.5 Å². The number of hydrogen-bond acceptors (Lipinski definition) is 8. The Morgan fingerprint density at radius 1 is 1.00 bits per heavy atom. The minimum absolute atomic E-state index is 0.171. The Morgan fingerprint density at radius 3 is 2.41 bits per heavy atom. The van der Waals surface area contributed by atoms with E-state index in [-0.39, 0.29) is 4.90 Å². The molecule has 1 saturated heterocycles. The summed E-state index contributed by atoms with van der Waals surface area (Å²) in [5.74, 6) is 1.67. The number of methoxy groups -OCH3 is 2. The Labute approximate surface area is 191 Å². The average molecular weight is 479 g/mol. The average Bonchev–Trinajstić information content (AvgIpc) is 3.27. The molecule has 0 bridgehead atoms. The van der Waals surface area contributed by atoms with Crippen molar-refractivity contribution in [2.45, 2.75) is 11.4 Å². The van der Waals surface area contributed by atoms with Gasteiger partial charge in [0, 0.05) is 32.2 Å². The second kappa shape index (κ2) is 9.45. The lowest BCUT2D eigenvalue weighted by Crippen LogP contribution is -2.48. The molecule has 9 nitrogen and oxygen atoms in total. The van der Waals surface area contributed by atoms with Gasteiger partial charge in [0.05, 0.1) is 36.2 Å². The molecule has 1 aliphatic rings. The van der Waals surface area contributed by atoms with Crippen LogP contribution in [0.3, 0.4) is 0 Å². The van der Waals surface area contributed by atoms with E-state index in [1.807, 2.05) is 18.2 Å². The summed E-state index contributed by atoms with van der Waals surface area (Å²) in [6.07, 6.45) is 0. The molecule has 170 valence electrons. The number of benzene rings is 2. The highest BCUT2D eigenvalue weighted by atomic mass is 35.5. The first-order valence-electron chi connectivity index (χ1n) is 9.94. The van der Waals surface area contributed by atoms with E-state index in [2.05, 4.69) is 15.1 Å². The zero-order valence-corrected chi connectivity index (χ0v) is 19.3. The van der Waals surface area contributed by atoms with Crippen LogP contribution in [0.15, 0.2) is 51.8 Å². The highest BCUT2D eigenvalue weighted by molar-refractivity contribution is 7.89. The zero-order chi connectivity index (χ0) is 22.7. The number of hydrogen-bond donors (Lipinski definition) is 0. The summed E-state index contributed by atoms with van der Waals surface area (Å²) in [7, 11) is -0.668. The second-order valence-electron chi connectivity index (χ2n) is 7.18. The third-order valence-corrected chi connectivity index (χ3v) is 7.48. The highest BCUT2D eigenvalue weighted by Crippen LogP contribution is 2.31. The molecule has 2 heterocycles. The molecule has 1 aromatic heterocycles. The van der Waals surface area contributed by atoms with Gasteiger partial charge in [0.25, 0.3) is 0 Å². The summed E-state index contributed by atoms with van der Waals surface area (Å²) in [6.45, 7) is 2.21. The molecule has 0 unspecified atom stereocenters. The Kier molecular flexibility index (Phi) is 6.66. The van der Waals surface area contributed by atoms with Crippen molar-refractivity contribution < 1.29 is 22.3 Å². The van der Waals surface area contributed by atoms with Crippen molar-refractivity contribution in [2.75, 3.05) is 40.4 Å². The molecular weight excluding hydrogens is 456 g/mol. The monoisotopic (exact) mass is 478 g/mol. The predicted octanol–water partition coefficient (Wildman–Crippen LogP) is 2.91. The zero-order valence-electron chi connectivity index (χ0n) is 17.7. The predicted molar refractivity (Wildman–Crippen MR) is 118 cm³/mol.